The number of thioether (sulfide) groups is 1. The number of rotatable bonds is 5. The van der Waals surface area contributed by atoms with Crippen molar-refractivity contribution in [3.63, 3.8) is 0 Å². The van der Waals surface area contributed by atoms with Crippen LogP contribution in [0.25, 0.3) is 6.08 Å². The number of hydrazine groups is 1. The van der Waals surface area contributed by atoms with Gasteiger partial charge in [0, 0.05) is 6.08 Å². The van der Waals surface area contributed by atoms with E-state index in [1.54, 1.807) is 42.5 Å². The minimum absolute atomic E-state index is 0.309. The molecule has 2 amide bonds. The van der Waals surface area contributed by atoms with Gasteiger partial charge in [-0.3, -0.25) is 15.0 Å². The topological polar surface area (TPSA) is 71.8 Å². The molecular weight excluding hydrogens is 316 g/mol. The summed E-state index contributed by atoms with van der Waals surface area (Å²) in [6.07, 6.45) is 3.05. The van der Waals surface area contributed by atoms with Crippen LogP contribution in [0.15, 0.2) is 52.0 Å². The number of amides is 2. The minimum atomic E-state index is -0.412. The van der Waals surface area contributed by atoms with E-state index in [0.29, 0.717) is 23.0 Å². The third-order valence-corrected chi connectivity index (χ3v) is 3.89. The predicted octanol–water partition coefficient (Wildman–Crippen LogP) is 3.74. The summed E-state index contributed by atoms with van der Waals surface area (Å²) >= 11 is 0.862. The van der Waals surface area contributed by atoms with Crippen molar-refractivity contribution in [1.29, 1.82) is 0 Å². The van der Waals surface area contributed by atoms with Gasteiger partial charge in [0.15, 0.2) is 0 Å². The van der Waals surface area contributed by atoms with Gasteiger partial charge in [-0.2, -0.15) is 5.01 Å². The molecule has 7 heteroatoms. The van der Waals surface area contributed by atoms with E-state index in [0.717, 1.165) is 22.5 Å². The van der Waals surface area contributed by atoms with E-state index in [-0.39, 0.29) is 5.24 Å². The van der Waals surface area contributed by atoms with Crippen LogP contribution in [0.1, 0.15) is 12.7 Å². The molecule has 0 radical (unpaired) electrons. The Bertz CT molecular complexity index is 738. The van der Waals surface area contributed by atoms with Crippen LogP contribution in [-0.2, 0) is 4.79 Å². The van der Waals surface area contributed by atoms with E-state index in [1.807, 2.05) is 6.92 Å². The lowest BCUT2D eigenvalue weighted by atomic mass is 10.3. The highest BCUT2D eigenvalue weighted by Gasteiger charge is 2.35. The quantitative estimate of drug-likeness (QED) is 0.842. The van der Waals surface area contributed by atoms with Crippen molar-refractivity contribution in [2.24, 2.45) is 0 Å². The van der Waals surface area contributed by atoms with Gasteiger partial charge in [0.1, 0.15) is 11.5 Å². The molecule has 1 aromatic carbocycles. The summed E-state index contributed by atoms with van der Waals surface area (Å²) in [4.78, 5) is 24.6. The Morgan fingerprint density at radius 1 is 1.26 bits per heavy atom. The number of anilines is 1. The Morgan fingerprint density at radius 2 is 2.04 bits per heavy atom. The highest BCUT2D eigenvalue weighted by atomic mass is 32.2. The number of carbonyl (C=O) groups is 2. The second-order valence-electron chi connectivity index (χ2n) is 4.60. The Morgan fingerprint density at radius 3 is 2.70 bits per heavy atom. The first-order valence-corrected chi connectivity index (χ1v) is 7.80. The van der Waals surface area contributed by atoms with Crippen LogP contribution in [0.3, 0.4) is 0 Å². The minimum Gasteiger partial charge on any atom is -0.494 e. The normalized spacial score (nSPS) is 16.2. The van der Waals surface area contributed by atoms with Gasteiger partial charge >= 0.3 is 5.24 Å². The molecule has 0 spiro atoms. The van der Waals surface area contributed by atoms with Crippen LogP contribution in [0.2, 0.25) is 0 Å². The highest BCUT2D eigenvalue weighted by molar-refractivity contribution is 8.18. The summed E-state index contributed by atoms with van der Waals surface area (Å²) < 4.78 is 10.5. The van der Waals surface area contributed by atoms with E-state index >= 15 is 0 Å². The SMILES string of the molecule is CCOc1ccc(NN2C(=O)SC(=Cc3ccco3)C2=O)cc1. The number of nitrogens with zero attached hydrogens (tertiary/aromatic N) is 1. The smallest absolute Gasteiger partial charge is 0.312 e. The number of nitrogens with one attached hydrogen (secondary N) is 1. The molecule has 1 aliphatic heterocycles. The Labute approximate surface area is 137 Å². The molecule has 0 bridgehead atoms. The number of furan rings is 1. The van der Waals surface area contributed by atoms with Gasteiger partial charge in [-0.25, -0.2) is 0 Å². The molecule has 2 heterocycles. The maximum atomic E-state index is 12.3. The molecular formula is C16H14N2O4S. The van der Waals surface area contributed by atoms with Gasteiger partial charge in [-0.15, -0.1) is 0 Å². The molecule has 1 aromatic heterocycles. The third-order valence-electron chi connectivity index (χ3n) is 3.02. The average Bonchev–Trinajstić information content (AvgIpc) is 3.14. The van der Waals surface area contributed by atoms with Crippen LogP contribution in [0.4, 0.5) is 10.5 Å². The number of benzene rings is 1. The van der Waals surface area contributed by atoms with Gasteiger partial charge in [0.05, 0.1) is 23.5 Å². The summed E-state index contributed by atoms with van der Waals surface area (Å²) in [5, 5.41) is 0.594. The lowest BCUT2D eigenvalue weighted by molar-refractivity contribution is -0.121. The van der Waals surface area contributed by atoms with Crippen molar-refractivity contribution in [1.82, 2.24) is 5.01 Å². The lowest BCUT2D eigenvalue weighted by Gasteiger charge is -2.15. The van der Waals surface area contributed by atoms with Crippen LogP contribution in [0, 0.1) is 0 Å². The van der Waals surface area contributed by atoms with E-state index in [4.69, 9.17) is 9.15 Å². The fourth-order valence-corrected chi connectivity index (χ4v) is 2.75. The fourth-order valence-electron chi connectivity index (χ4n) is 1.99. The first-order chi connectivity index (χ1) is 11.2. The van der Waals surface area contributed by atoms with E-state index in [9.17, 15) is 9.59 Å². The van der Waals surface area contributed by atoms with Gasteiger partial charge in [0.25, 0.3) is 5.91 Å². The van der Waals surface area contributed by atoms with E-state index < -0.39 is 5.91 Å². The summed E-state index contributed by atoms with van der Waals surface area (Å²) in [6, 6.07) is 10.4. The molecule has 1 saturated heterocycles. The molecule has 0 saturated carbocycles. The molecule has 1 aliphatic rings. The summed E-state index contributed by atoms with van der Waals surface area (Å²) in [5.41, 5.74) is 3.43. The zero-order chi connectivity index (χ0) is 16.2. The standard InChI is InChI=1S/C16H14N2O4S/c1-2-21-12-7-5-11(6-8-12)17-18-15(19)14(23-16(18)20)10-13-4-3-9-22-13/h3-10,17H,2H2,1H3. The van der Waals surface area contributed by atoms with Gasteiger partial charge in [-0.1, -0.05) is 0 Å². The molecule has 0 unspecified atom stereocenters. The van der Waals surface area contributed by atoms with Crippen molar-refractivity contribution in [2.75, 3.05) is 12.0 Å². The van der Waals surface area contributed by atoms with Gasteiger partial charge in [-0.05, 0) is 55.1 Å². The summed E-state index contributed by atoms with van der Waals surface area (Å²) in [6.45, 7) is 2.48. The third kappa shape index (κ3) is 3.40. The molecule has 0 aliphatic carbocycles. The van der Waals surface area contributed by atoms with Crippen LogP contribution in [0.5, 0.6) is 5.75 Å². The van der Waals surface area contributed by atoms with Crippen molar-refractivity contribution in [2.45, 2.75) is 6.92 Å². The van der Waals surface area contributed by atoms with Crippen LogP contribution < -0.4 is 10.2 Å². The number of ether oxygens (including phenoxy) is 1. The largest absolute Gasteiger partial charge is 0.494 e. The lowest BCUT2D eigenvalue weighted by Crippen LogP contribution is -2.33. The van der Waals surface area contributed by atoms with Crippen molar-refractivity contribution < 1.29 is 18.7 Å². The average molecular weight is 330 g/mol. The zero-order valence-electron chi connectivity index (χ0n) is 12.3. The zero-order valence-corrected chi connectivity index (χ0v) is 13.1. The number of hydrogen-bond acceptors (Lipinski definition) is 6. The Balaban J connectivity index is 1.73. The van der Waals surface area contributed by atoms with Gasteiger partial charge in [0.2, 0.25) is 0 Å². The number of imide groups is 1. The van der Waals surface area contributed by atoms with Crippen LogP contribution in [-0.4, -0.2) is 22.8 Å². The monoisotopic (exact) mass is 330 g/mol. The highest BCUT2D eigenvalue weighted by Crippen LogP contribution is 2.32. The Hall–Kier alpha value is -2.67. The second kappa shape index (κ2) is 6.62. The van der Waals surface area contributed by atoms with Crippen molar-refractivity contribution >= 4 is 34.7 Å². The first kappa shape index (κ1) is 15.2. The predicted molar refractivity (Wildman–Crippen MR) is 87.8 cm³/mol. The molecule has 0 atom stereocenters. The summed E-state index contributed by atoms with van der Waals surface area (Å²) in [7, 11) is 0. The molecule has 1 fully saturated rings. The molecule has 1 N–H and O–H groups in total. The van der Waals surface area contributed by atoms with Gasteiger partial charge < -0.3 is 9.15 Å². The molecule has 118 valence electrons. The maximum absolute atomic E-state index is 12.3. The maximum Gasteiger partial charge on any atom is 0.312 e. The first-order valence-electron chi connectivity index (χ1n) is 6.98. The second-order valence-corrected chi connectivity index (χ2v) is 5.59. The molecule has 23 heavy (non-hydrogen) atoms. The van der Waals surface area contributed by atoms with E-state index in [2.05, 4.69) is 5.43 Å². The van der Waals surface area contributed by atoms with Crippen molar-refractivity contribution in [3.8, 4) is 5.75 Å². The fraction of sp³-hybridized carbons (Fsp3) is 0.125. The number of carbonyl (C=O) groups excluding carboxylic acids is 2. The summed E-state index contributed by atoms with van der Waals surface area (Å²) in [5.74, 6) is 0.840. The van der Waals surface area contributed by atoms with Crippen LogP contribution >= 0.6 is 11.8 Å². The molecule has 3 rings (SSSR count). The van der Waals surface area contributed by atoms with Crippen molar-refractivity contribution in [3.05, 3.63) is 53.3 Å². The van der Waals surface area contributed by atoms with E-state index in [1.165, 1.54) is 6.26 Å². The molecule has 2 aromatic rings. The Kier molecular flexibility index (Phi) is 4.38. The molecule has 6 nitrogen and oxygen atoms in total. The number of hydrogen-bond donors (Lipinski definition) is 1.